The number of halogens is 2. The van der Waals surface area contributed by atoms with Gasteiger partial charge in [0.05, 0.1) is 5.02 Å². The molecule has 0 bridgehead atoms. The molecule has 0 aliphatic rings. The van der Waals surface area contributed by atoms with Crippen LogP contribution >= 0.6 is 27.5 Å². The Bertz CT molecular complexity index is 566. The van der Waals surface area contributed by atoms with Gasteiger partial charge < -0.3 is 4.74 Å². The Morgan fingerprint density at radius 2 is 1.67 bits per heavy atom. The van der Waals surface area contributed by atoms with E-state index < -0.39 is 0 Å². The molecule has 0 aliphatic heterocycles. The molecule has 3 heteroatoms. The molecule has 0 amide bonds. The van der Waals surface area contributed by atoms with Crippen molar-refractivity contribution in [2.24, 2.45) is 0 Å². The second-order valence-electron chi connectivity index (χ2n) is 4.28. The summed E-state index contributed by atoms with van der Waals surface area (Å²) in [5.74, 6) is 1.53. The maximum absolute atomic E-state index is 6.14. The van der Waals surface area contributed by atoms with Gasteiger partial charge in [-0.2, -0.15) is 0 Å². The van der Waals surface area contributed by atoms with E-state index in [4.69, 9.17) is 16.3 Å². The first kappa shape index (κ1) is 13.4. The molecule has 0 radical (unpaired) electrons. The summed E-state index contributed by atoms with van der Waals surface area (Å²) in [5.41, 5.74) is 3.46. The van der Waals surface area contributed by atoms with Crippen LogP contribution in [-0.4, -0.2) is 0 Å². The first-order valence-corrected chi connectivity index (χ1v) is 7.19. The molecule has 2 aromatic rings. The highest BCUT2D eigenvalue weighted by atomic mass is 79.9. The maximum atomic E-state index is 6.14. The number of aryl methyl sites for hydroxylation is 2. The summed E-state index contributed by atoms with van der Waals surface area (Å²) in [7, 11) is 0. The van der Waals surface area contributed by atoms with Crippen LogP contribution in [0.25, 0.3) is 0 Å². The monoisotopic (exact) mass is 324 g/mol. The summed E-state index contributed by atoms with van der Waals surface area (Å²) in [5, 5.41) is 1.38. The molecular weight excluding hydrogens is 312 g/mol. The van der Waals surface area contributed by atoms with Gasteiger partial charge in [-0.3, -0.25) is 0 Å². The maximum Gasteiger partial charge on any atom is 0.146 e. The summed E-state index contributed by atoms with van der Waals surface area (Å²) in [6, 6.07) is 11.9. The van der Waals surface area contributed by atoms with Crippen LogP contribution < -0.4 is 4.74 Å². The Balaban J connectivity index is 2.36. The minimum Gasteiger partial charge on any atom is -0.455 e. The van der Waals surface area contributed by atoms with Crippen molar-refractivity contribution in [2.45, 2.75) is 19.2 Å². The van der Waals surface area contributed by atoms with Gasteiger partial charge in [-0.05, 0) is 37.6 Å². The fourth-order valence-electron chi connectivity index (χ4n) is 1.72. The largest absolute Gasteiger partial charge is 0.455 e. The first-order chi connectivity index (χ1) is 8.60. The van der Waals surface area contributed by atoms with Crippen molar-refractivity contribution in [3.8, 4) is 11.5 Å². The van der Waals surface area contributed by atoms with E-state index in [2.05, 4.69) is 28.9 Å². The number of ether oxygens (including phenoxy) is 1. The molecule has 0 spiro atoms. The lowest BCUT2D eigenvalue weighted by Crippen LogP contribution is -1.91. The summed E-state index contributed by atoms with van der Waals surface area (Å²) >= 11 is 9.61. The molecule has 0 atom stereocenters. The molecule has 2 aromatic carbocycles. The predicted molar refractivity (Wildman–Crippen MR) is 80.1 cm³/mol. The number of alkyl halides is 1. The minimum absolute atomic E-state index is 0.627. The molecule has 0 N–H and O–H groups in total. The average molecular weight is 326 g/mol. The van der Waals surface area contributed by atoms with Crippen LogP contribution in [0.3, 0.4) is 0 Å². The highest BCUT2D eigenvalue weighted by Crippen LogP contribution is 2.33. The zero-order valence-electron chi connectivity index (χ0n) is 10.3. The van der Waals surface area contributed by atoms with E-state index in [1.807, 2.05) is 37.3 Å². The molecule has 0 heterocycles. The molecule has 0 saturated carbocycles. The zero-order valence-corrected chi connectivity index (χ0v) is 12.7. The van der Waals surface area contributed by atoms with Crippen LogP contribution in [0.4, 0.5) is 0 Å². The fraction of sp³-hybridized carbons (Fsp3) is 0.200. The molecule has 94 valence electrons. The topological polar surface area (TPSA) is 9.23 Å². The molecule has 0 unspecified atom stereocenters. The van der Waals surface area contributed by atoms with Gasteiger partial charge in [0.2, 0.25) is 0 Å². The predicted octanol–water partition coefficient (Wildman–Crippen LogP) is 5.64. The Kier molecular flexibility index (Phi) is 4.31. The van der Waals surface area contributed by atoms with Crippen molar-refractivity contribution in [1.29, 1.82) is 0 Å². The summed E-state index contributed by atoms with van der Waals surface area (Å²) in [6.07, 6.45) is 0. The lowest BCUT2D eigenvalue weighted by molar-refractivity contribution is 0.478. The normalized spacial score (nSPS) is 10.4. The van der Waals surface area contributed by atoms with E-state index in [0.717, 1.165) is 22.2 Å². The van der Waals surface area contributed by atoms with E-state index in [9.17, 15) is 0 Å². The molecule has 0 saturated heterocycles. The summed E-state index contributed by atoms with van der Waals surface area (Å²) < 4.78 is 5.91. The summed E-state index contributed by atoms with van der Waals surface area (Å²) in [4.78, 5) is 0. The SMILES string of the molecule is Cc1ccc(Oc2cc(C)ccc2Cl)c(CBr)c1. The van der Waals surface area contributed by atoms with Crippen molar-refractivity contribution in [1.82, 2.24) is 0 Å². The Hall–Kier alpha value is -0.990. The molecule has 0 aliphatic carbocycles. The van der Waals surface area contributed by atoms with Gasteiger partial charge >= 0.3 is 0 Å². The highest BCUT2D eigenvalue weighted by molar-refractivity contribution is 9.08. The van der Waals surface area contributed by atoms with Crippen molar-refractivity contribution < 1.29 is 4.74 Å². The Morgan fingerprint density at radius 1 is 1.00 bits per heavy atom. The van der Waals surface area contributed by atoms with E-state index >= 15 is 0 Å². The average Bonchev–Trinajstić information content (AvgIpc) is 2.36. The van der Waals surface area contributed by atoms with Gasteiger partial charge in [-0.15, -0.1) is 0 Å². The van der Waals surface area contributed by atoms with Gasteiger partial charge in [0, 0.05) is 10.9 Å². The van der Waals surface area contributed by atoms with Gasteiger partial charge in [0.15, 0.2) is 0 Å². The number of rotatable bonds is 3. The molecule has 0 fully saturated rings. The van der Waals surface area contributed by atoms with Crippen LogP contribution in [0.1, 0.15) is 16.7 Å². The van der Waals surface area contributed by atoms with Gasteiger partial charge in [0.1, 0.15) is 11.5 Å². The van der Waals surface area contributed by atoms with E-state index in [1.165, 1.54) is 5.56 Å². The third-order valence-electron chi connectivity index (χ3n) is 2.67. The van der Waals surface area contributed by atoms with Gasteiger partial charge in [-0.1, -0.05) is 51.3 Å². The lowest BCUT2D eigenvalue weighted by Gasteiger charge is -2.12. The first-order valence-electron chi connectivity index (χ1n) is 5.69. The van der Waals surface area contributed by atoms with Crippen LogP contribution in [0.5, 0.6) is 11.5 Å². The molecule has 18 heavy (non-hydrogen) atoms. The number of benzene rings is 2. The number of hydrogen-bond donors (Lipinski definition) is 0. The Labute approximate surface area is 121 Å². The van der Waals surface area contributed by atoms with E-state index in [-0.39, 0.29) is 0 Å². The smallest absolute Gasteiger partial charge is 0.146 e. The molecular formula is C15H14BrClO. The van der Waals surface area contributed by atoms with Crippen molar-refractivity contribution >= 4 is 27.5 Å². The number of hydrogen-bond acceptors (Lipinski definition) is 1. The van der Waals surface area contributed by atoms with Crippen LogP contribution in [0.15, 0.2) is 36.4 Å². The quantitative estimate of drug-likeness (QED) is 0.663. The van der Waals surface area contributed by atoms with E-state index in [1.54, 1.807) is 0 Å². The van der Waals surface area contributed by atoms with Gasteiger partial charge in [0.25, 0.3) is 0 Å². The zero-order chi connectivity index (χ0) is 13.1. The van der Waals surface area contributed by atoms with Crippen molar-refractivity contribution in [2.75, 3.05) is 0 Å². The van der Waals surface area contributed by atoms with Crippen LogP contribution in [0, 0.1) is 13.8 Å². The Morgan fingerprint density at radius 3 is 2.39 bits per heavy atom. The third kappa shape index (κ3) is 3.06. The second-order valence-corrected chi connectivity index (χ2v) is 5.25. The summed E-state index contributed by atoms with van der Waals surface area (Å²) in [6.45, 7) is 4.08. The lowest BCUT2D eigenvalue weighted by atomic mass is 10.1. The fourth-order valence-corrected chi connectivity index (χ4v) is 2.31. The standard InChI is InChI=1S/C15H14BrClO/c1-10-4-6-14(12(7-10)9-16)18-15-8-11(2)3-5-13(15)17/h3-8H,9H2,1-2H3. The van der Waals surface area contributed by atoms with Crippen molar-refractivity contribution in [3.63, 3.8) is 0 Å². The van der Waals surface area contributed by atoms with Crippen LogP contribution in [-0.2, 0) is 5.33 Å². The molecule has 1 nitrogen and oxygen atoms in total. The third-order valence-corrected chi connectivity index (χ3v) is 3.58. The molecule has 0 aromatic heterocycles. The minimum atomic E-state index is 0.627. The van der Waals surface area contributed by atoms with E-state index in [0.29, 0.717) is 10.8 Å². The van der Waals surface area contributed by atoms with Crippen molar-refractivity contribution in [3.05, 3.63) is 58.1 Å². The second kappa shape index (κ2) is 5.77. The highest BCUT2D eigenvalue weighted by Gasteiger charge is 2.07. The van der Waals surface area contributed by atoms with Crippen LogP contribution in [0.2, 0.25) is 5.02 Å². The van der Waals surface area contributed by atoms with Gasteiger partial charge in [-0.25, -0.2) is 0 Å². The molecule has 2 rings (SSSR count).